The summed E-state index contributed by atoms with van der Waals surface area (Å²) >= 11 is 2.95. The highest BCUT2D eigenvalue weighted by Gasteiger charge is 2.14. The molecule has 0 radical (unpaired) electrons. The topological polar surface area (TPSA) is 62.0 Å². The van der Waals surface area contributed by atoms with E-state index >= 15 is 0 Å². The standard InChI is InChI=1S/C12H7BrF2N2O2/c13-8-4-7(14)5-9(15)11(8)17-12(19)6-1-2-16-10(18)3-6/h1-5H,(H,16,18)(H,17,19). The van der Waals surface area contributed by atoms with E-state index < -0.39 is 23.1 Å². The third kappa shape index (κ3) is 3.05. The van der Waals surface area contributed by atoms with Crippen LogP contribution >= 0.6 is 15.9 Å². The third-order valence-electron chi connectivity index (χ3n) is 2.28. The second-order valence-electron chi connectivity index (χ2n) is 3.64. The number of rotatable bonds is 2. The molecule has 0 atom stereocenters. The molecular weight excluding hydrogens is 322 g/mol. The van der Waals surface area contributed by atoms with E-state index in [2.05, 4.69) is 26.2 Å². The van der Waals surface area contributed by atoms with Crippen molar-refractivity contribution in [2.45, 2.75) is 0 Å². The van der Waals surface area contributed by atoms with Crippen LogP contribution in [0.5, 0.6) is 0 Å². The normalized spacial score (nSPS) is 10.3. The number of carbonyl (C=O) groups excluding carboxylic acids is 1. The van der Waals surface area contributed by atoms with Gasteiger partial charge in [-0.3, -0.25) is 9.59 Å². The molecule has 0 bridgehead atoms. The maximum Gasteiger partial charge on any atom is 0.256 e. The summed E-state index contributed by atoms with van der Waals surface area (Å²) in [4.78, 5) is 25.2. The summed E-state index contributed by atoms with van der Waals surface area (Å²) in [5.74, 6) is -2.35. The van der Waals surface area contributed by atoms with E-state index in [0.717, 1.165) is 12.1 Å². The quantitative estimate of drug-likeness (QED) is 0.890. The van der Waals surface area contributed by atoms with Crippen molar-refractivity contribution < 1.29 is 13.6 Å². The van der Waals surface area contributed by atoms with E-state index in [4.69, 9.17) is 0 Å². The van der Waals surface area contributed by atoms with E-state index in [0.29, 0.717) is 6.07 Å². The number of carbonyl (C=O) groups is 1. The van der Waals surface area contributed by atoms with Crippen molar-refractivity contribution in [2.75, 3.05) is 5.32 Å². The minimum Gasteiger partial charge on any atom is -0.329 e. The second kappa shape index (κ2) is 5.31. The predicted molar refractivity (Wildman–Crippen MR) is 69.1 cm³/mol. The van der Waals surface area contributed by atoms with Crippen LogP contribution in [0, 0.1) is 11.6 Å². The maximum atomic E-state index is 13.5. The molecule has 2 aromatic rings. The molecule has 0 aliphatic heterocycles. The van der Waals surface area contributed by atoms with Gasteiger partial charge in [0, 0.05) is 28.4 Å². The Labute approximate surface area is 114 Å². The first-order valence-corrected chi connectivity index (χ1v) is 5.91. The molecule has 0 spiro atoms. The van der Waals surface area contributed by atoms with Crippen LogP contribution in [0.15, 0.2) is 39.7 Å². The third-order valence-corrected chi connectivity index (χ3v) is 2.91. The van der Waals surface area contributed by atoms with Crippen LogP contribution in [0.2, 0.25) is 0 Å². The minimum atomic E-state index is -0.912. The number of halogens is 3. The lowest BCUT2D eigenvalue weighted by atomic mass is 10.2. The van der Waals surface area contributed by atoms with E-state index in [1.165, 1.54) is 12.3 Å². The Hall–Kier alpha value is -2.02. The maximum absolute atomic E-state index is 13.5. The zero-order chi connectivity index (χ0) is 14.0. The molecule has 98 valence electrons. The van der Waals surface area contributed by atoms with E-state index in [1.807, 2.05) is 0 Å². The number of hydrogen-bond acceptors (Lipinski definition) is 2. The van der Waals surface area contributed by atoms with Crippen molar-refractivity contribution in [1.82, 2.24) is 4.98 Å². The summed E-state index contributed by atoms with van der Waals surface area (Å²) in [7, 11) is 0. The molecule has 1 aromatic carbocycles. The summed E-state index contributed by atoms with van der Waals surface area (Å²) in [5.41, 5.74) is -0.572. The van der Waals surface area contributed by atoms with Gasteiger partial charge in [-0.1, -0.05) is 0 Å². The highest BCUT2D eigenvalue weighted by molar-refractivity contribution is 9.10. The van der Waals surface area contributed by atoms with Gasteiger partial charge in [0.1, 0.15) is 5.82 Å². The molecule has 1 heterocycles. The zero-order valence-corrected chi connectivity index (χ0v) is 10.9. The van der Waals surface area contributed by atoms with Crippen molar-refractivity contribution in [1.29, 1.82) is 0 Å². The molecule has 4 nitrogen and oxygen atoms in total. The summed E-state index contributed by atoms with van der Waals surface area (Å²) in [6.07, 6.45) is 1.30. The second-order valence-corrected chi connectivity index (χ2v) is 4.49. The van der Waals surface area contributed by atoms with Gasteiger partial charge < -0.3 is 10.3 Å². The lowest BCUT2D eigenvalue weighted by molar-refractivity contribution is 0.102. The van der Waals surface area contributed by atoms with E-state index in [9.17, 15) is 18.4 Å². The fraction of sp³-hybridized carbons (Fsp3) is 0. The largest absolute Gasteiger partial charge is 0.329 e. The van der Waals surface area contributed by atoms with Gasteiger partial charge in [0.05, 0.1) is 5.69 Å². The number of amides is 1. The number of aromatic amines is 1. The number of pyridine rings is 1. The van der Waals surface area contributed by atoms with E-state index in [1.54, 1.807) is 0 Å². The van der Waals surface area contributed by atoms with Crippen molar-refractivity contribution in [2.24, 2.45) is 0 Å². The van der Waals surface area contributed by atoms with Gasteiger partial charge in [0.15, 0.2) is 5.82 Å². The number of benzene rings is 1. The van der Waals surface area contributed by atoms with Gasteiger partial charge in [0.25, 0.3) is 5.91 Å². The molecule has 0 unspecified atom stereocenters. The van der Waals surface area contributed by atoms with Gasteiger partial charge in [-0.05, 0) is 28.1 Å². The van der Waals surface area contributed by atoms with Gasteiger partial charge in [-0.15, -0.1) is 0 Å². The zero-order valence-electron chi connectivity index (χ0n) is 9.34. The Morgan fingerprint density at radius 2 is 2.00 bits per heavy atom. The van der Waals surface area contributed by atoms with Gasteiger partial charge >= 0.3 is 0 Å². The summed E-state index contributed by atoms with van der Waals surface area (Å²) in [6.45, 7) is 0. The lowest BCUT2D eigenvalue weighted by Crippen LogP contribution is -2.16. The predicted octanol–water partition coefficient (Wildman–Crippen LogP) is 2.67. The van der Waals surface area contributed by atoms with Gasteiger partial charge in [-0.25, -0.2) is 8.78 Å². The minimum absolute atomic E-state index is 0.0689. The van der Waals surface area contributed by atoms with Crippen molar-refractivity contribution in [3.63, 3.8) is 0 Å². The molecule has 1 amide bonds. The summed E-state index contributed by atoms with van der Waals surface area (Å²) < 4.78 is 26.5. The van der Waals surface area contributed by atoms with Crippen LogP contribution < -0.4 is 10.9 Å². The van der Waals surface area contributed by atoms with Crippen molar-refractivity contribution in [3.05, 3.63) is 62.5 Å². The number of anilines is 1. The van der Waals surface area contributed by atoms with Gasteiger partial charge in [0.2, 0.25) is 5.56 Å². The first kappa shape index (κ1) is 13.4. The van der Waals surface area contributed by atoms with Crippen LogP contribution in [-0.2, 0) is 0 Å². The monoisotopic (exact) mass is 328 g/mol. The summed E-state index contributed by atoms with van der Waals surface area (Å²) in [6, 6.07) is 4.12. The van der Waals surface area contributed by atoms with Crippen molar-refractivity contribution >= 4 is 27.5 Å². The molecule has 0 saturated carbocycles. The lowest BCUT2D eigenvalue weighted by Gasteiger charge is -2.08. The number of aromatic nitrogens is 1. The molecule has 19 heavy (non-hydrogen) atoms. The molecule has 0 aliphatic rings. The first-order valence-electron chi connectivity index (χ1n) is 5.12. The van der Waals surface area contributed by atoms with Crippen LogP contribution in [0.25, 0.3) is 0 Å². The highest BCUT2D eigenvalue weighted by atomic mass is 79.9. The smallest absolute Gasteiger partial charge is 0.256 e. The SMILES string of the molecule is O=C(Nc1c(F)cc(F)cc1Br)c1cc[nH]c(=O)c1. The highest BCUT2D eigenvalue weighted by Crippen LogP contribution is 2.27. The number of nitrogens with one attached hydrogen (secondary N) is 2. The average molecular weight is 329 g/mol. The first-order chi connectivity index (χ1) is 8.97. The van der Waals surface area contributed by atoms with Crippen LogP contribution in [0.3, 0.4) is 0 Å². The number of H-pyrrole nitrogens is 1. The van der Waals surface area contributed by atoms with Crippen LogP contribution in [0.1, 0.15) is 10.4 Å². The Balaban J connectivity index is 2.32. The summed E-state index contributed by atoms with van der Waals surface area (Å²) in [5, 5.41) is 2.27. The Morgan fingerprint density at radius 1 is 1.26 bits per heavy atom. The fourth-order valence-electron chi connectivity index (χ4n) is 1.43. The Morgan fingerprint density at radius 3 is 2.63 bits per heavy atom. The molecule has 2 rings (SSSR count). The van der Waals surface area contributed by atoms with Crippen LogP contribution in [0.4, 0.5) is 14.5 Å². The molecule has 2 N–H and O–H groups in total. The molecule has 0 fully saturated rings. The molecule has 7 heteroatoms. The molecule has 0 saturated heterocycles. The van der Waals surface area contributed by atoms with Crippen LogP contribution in [-0.4, -0.2) is 10.9 Å². The molecule has 1 aromatic heterocycles. The fourth-order valence-corrected chi connectivity index (χ4v) is 1.94. The number of hydrogen-bond donors (Lipinski definition) is 2. The molecular formula is C12H7BrF2N2O2. The molecule has 0 aliphatic carbocycles. The van der Waals surface area contributed by atoms with Crippen molar-refractivity contribution in [3.8, 4) is 0 Å². The Bertz CT molecular complexity index is 677. The van der Waals surface area contributed by atoms with Gasteiger partial charge in [-0.2, -0.15) is 0 Å². The Kier molecular flexibility index (Phi) is 3.75. The average Bonchev–Trinajstić information content (AvgIpc) is 2.33. The van der Waals surface area contributed by atoms with E-state index in [-0.39, 0.29) is 15.7 Å².